The quantitative estimate of drug-likeness (QED) is 0.380. The summed E-state index contributed by atoms with van der Waals surface area (Å²) in [6, 6.07) is 12.4. The van der Waals surface area contributed by atoms with Gasteiger partial charge in [0.1, 0.15) is 0 Å². The fraction of sp³-hybridized carbons (Fsp3) is 0.462. The van der Waals surface area contributed by atoms with E-state index >= 15 is 0 Å². The highest BCUT2D eigenvalue weighted by Gasteiger charge is 2.35. The molecule has 3 aromatic rings. The Balaban J connectivity index is 1.51. The Kier molecular flexibility index (Phi) is 8.67. The van der Waals surface area contributed by atoms with E-state index in [2.05, 4.69) is 24.0 Å². The SMILES string of the molecule is CCc1cccc2sc(N(CCCN(C)C)C(=O)C3CCN(S(=O)(=O)c4ccc(Cl)cc4)CC3)nc12. The number of para-hydroxylation sites is 1. The lowest BCUT2D eigenvalue weighted by atomic mass is 9.96. The zero-order valence-electron chi connectivity index (χ0n) is 21.0. The van der Waals surface area contributed by atoms with Crippen molar-refractivity contribution >= 4 is 54.2 Å². The molecule has 1 fully saturated rings. The number of fused-ring (bicyclic) bond motifs is 1. The number of anilines is 1. The van der Waals surface area contributed by atoms with Gasteiger partial charge in [0.05, 0.1) is 15.1 Å². The Morgan fingerprint density at radius 1 is 1.11 bits per heavy atom. The number of rotatable bonds is 9. The maximum Gasteiger partial charge on any atom is 0.243 e. The van der Waals surface area contributed by atoms with Gasteiger partial charge in [-0.3, -0.25) is 9.69 Å². The molecule has 0 N–H and O–H groups in total. The number of hydrogen-bond acceptors (Lipinski definition) is 6. The van der Waals surface area contributed by atoms with Crippen LogP contribution >= 0.6 is 22.9 Å². The van der Waals surface area contributed by atoms with Crippen LogP contribution in [0.5, 0.6) is 0 Å². The Morgan fingerprint density at radius 2 is 1.81 bits per heavy atom. The Hall–Kier alpha value is -2.04. The predicted molar refractivity (Wildman–Crippen MR) is 147 cm³/mol. The summed E-state index contributed by atoms with van der Waals surface area (Å²) in [7, 11) is 0.429. The van der Waals surface area contributed by atoms with E-state index in [1.165, 1.54) is 22.0 Å². The van der Waals surface area contributed by atoms with Gasteiger partial charge in [-0.25, -0.2) is 13.4 Å². The highest BCUT2D eigenvalue weighted by molar-refractivity contribution is 7.89. The Bertz CT molecular complexity index is 1300. The third-order valence-electron chi connectivity index (χ3n) is 6.61. The molecule has 0 unspecified atom stereocenters. The number of benzene rings is 2. The molecule has 1 aromatic heterocycles. The lowest BCUT2D eigenvalue weighted by molar-refractivity contribution is -0.123. The molecule has 0 spiro atoms. The maximum absolute atomic E-state index is 13.8. The Morgan fingerprint density at radius 3 is 2.44 bits per heavy atom. The minimum Gasteiger partial charge on any atom is -0.309 e. The molecule has 1 aliphatic heterocycles. The van der Waals surface area contributed by atoms with E-state index in [1.54, 1.807) is 23.5 Å². The van der Waals surface area contributed by atoms with Gasteiger partial charge in [0.25, 0.3) is 0 Å². The van der Waals surface area contributed by atoms with Gasteiger partial charge in [-0.2, -0.15) is 4.31 Å². The van der Waals surface area contributed by atoms with Crippen molar-refractivity contribution < 1.29 is 13.2 Å². The van der Waals surface area contributed by atoms with Gasteiger partial charge < -0.3 is 4.90 Å². The van der Waals surface area contributed by atoms with Crippen molar-refractivity contribution in [1.29, 1.82) is 0 Å². The van der Waals surface area contributed by atoms with Gasteiger partial charge >= 0.3 is 0 Å². The normalized spacial score (nSPS) is 15.6. The van der Waals surface area contributed by atoms with Gasteiger partial charge in [-0.05, 0) is 82.2 Å². The lowest BCUT2D eigenvalue weighted by Crippen LogP contribution is -2.45. The number of amides is 1. The molecular weight excluding hydrogens is 516 g/mol. The van der Waals surface area contributed by atoms with Crippen molar-refractivity contribution in [3.05, 3.63) is 53.1 Å². The summed E-state index contributed by atoms with van der Waals surface area (Å²) in [5.74, 6) is -0.201. The van der Waals surface area contributed by atoms with Crippen molar-refractivity contribution in [2.24, 2.45) is 5.92 Å². The fourth-order valence-electron chi connectivity index (χ4n) is 4.56. The van der Waals surface area contributed by atoms with Crippen LogP contribution in [-0.4, -0.2) is 68.8 Å². The number of thiazole rings is 1. The molecule has 1 aliphatic rings. The maximum atomic E-state index is 13.8. The first-order chi connectivity index (χ1) is 17.2. The van der Waals surface area contributed by atoms with Crippen LogP contribution < -0.4 is 4.90 Å². The number of halogens is 1. The average molecular weight is 549 g/mol. The van der Waals surface area contributed by atoms with Crippen LogP contribution in [0, 0.1) is 5.92 Å². The van der Waals surface area contributed by atoms with Crippen LogP contribution in [0.2, 0.25) is 5.02 Å². The molecular formula is C26H33ClN4O3S2. The number of sulfonamides is 1. The van der Waals surface area contributed by atoms with Crippen molar-refractivity contribution in [1.82, 2.24) is 14.2 Å². The molecule has 2 aromatic carbocycles. The first-order valence-corrected chi connectivity index (χ1v) is 14.9. The van der Waals surface area contributed by atoms with Crippen LogP contribution in [0.25, 0.3) is 10.2 Å². The van der Waals surface area contributed by atoms with Crippen LogP contribution in [0.3, 0.4) is 0 Å². The van der Waals surface area contributed by atoms with Crippen LogP contribution in [0.1, 0.15) is 31.7 Å². The summed E-state index contributed by atoms with van der Waals surface area (Å²) >= 11 is 7.47. The highest BCUT2D eigenvalue weighted by atomic mass is 35.5. The van der Waals surface area contributed by atoms with E-state index in [0.717, 1.165) is 34.7 Å². The number of carbonyl (C=O) groups excluding carboxylic acids is 1. The van der Waals surface area contributed by atoms with Gasteiger partial charge in [0.2, 0.25) is 15.9 Å². The van der Waals surface area contributed by atoms with Crippen molar-refractivity contribution in [3.8, 4) is 0 Å². The monoisotopic (exact) mass is 548 g/mol. The minimum absolute atomic E-state index is 0.0365. The summed E-state index contributed by atoms with van der Waals surface area (Å²) in [5, 5.41) is 1.22. The van der Waals surface area contributed by atoms with E-state index in [1.807, 2.05) is 25.1 Å². The Labute approximate surface area is 222 Å². The molecule has 0 aliphatic carbocycles. The molecule has 0 atom stereocenters. The standard InChI is InChI=1S/C26H33ClN4O3S2/c1-4-19-7-5-8-23-24(19)28-26(35-23)31(16-6-15-29(2)3)25(32)20-13-17-30(18-14-20)36(33,34)22-11-9-21(27)10-12-22/h5,7-12,20H,4,6,13-18H2,1-3H3. The van der Waals surface area contributed by atoms with Crippen molar-refractivity contribution in [3.63, 3.8) is 0 Å². The summed E-state index contributed by atoms with van der Waals surface area (Å²) in [4.78, 5) is 22.8. The zero-order valence-corrected chi connectivity index (χ0v) is 23.4. The second-order valence-corrected chi connectivity index (χ2v) is 12.8. The topological polar surface area (TPSA) is 73.8 Å². The molecule has 1 saturated heterocycles. The third-order valence-corrected chi connectivity index (χ3v) is 9.82. The lowest BCUT2D eigenvalue weighted by Gasteiger charge is -2.33. The summed E-state index contributed by atoms with van der Waals surface area (Å²) in [6.45, 7) is 4.19. The molecule has 10 heteroatoms. The second kappa shape index (κ2) is 11.6. The molecule has 2 heterocycles. The number of aromatic nitrogens is 1. The van der Waals surface area contributed by atoms with Crippen LogP contribution in [0.15, 0.2) is 47.4 Å². The molecule has 0 saturated carbocycles. The first-order valence-electron chi connectivity index (χ1n) is 12.3. The summed E-state index contributed by atoms with van der Waals surface area (Å²) in [5.41, 5.74) is 2.14. The van der Waals surface area contributed by atoms with E-state index in [4.69, 9.17) is 16.6 Å². The molecule has 36 heavy (non-hydrogen) atoms. The molecule has 0 radical (unpaired) electrons. The van der Waals surface area contributed by atoms with Crippen molar-refractivity contribution in [2.45, 2.75) is 37.5 Å². The summed E-state index contributed by atoms with van der Waals surface area (Å²) in [6.07, 6.45) is 2.69. The van der Waals surface area contributed by atoms with Crippen molar-refractivity contribution in [2.75, 3.05) is 45.2 Å². The van der Waals surface area contributed by atoms with Crippen LogP contribution in [0.4, 0.5) is 5.13 Å². The molecule has 0 bridgehead atoms. The zero-order chi connectivity index (χ0) is 25.9. The van der Waals surface area contributed by atoms with E-state index in [0.29, 0.717) is 37.5 Å². The molecule has 7 nitrogen and oxygen atoms in total. The number of piperidine rings is 1. The minimum atomic E-state index is -3.62. The van der Waals surface area contributed by atoms with E-state index in [-0.39, 0.29) is 16.7 Å². The fourth-order valence-corrected chi connectivity index (χ4v) is 7.20. The third kappa shape index (κ3) is 5.92. The number of carbonyl (C=O) groups is 1. The van der Waals surface area contributed by atoms with Gasteiger partial charge in [-0.1, -0.05) is 42.0 Å². The molecule has 4 rings (SSSR count). The number of aryl methyl sites for hydroxylation is 1. The number of nitrogens with zero attached hydrogens (tertiary/aromatic N) is 4. The smallest absolute Gasteiger partial charge is 0.243 e. The first kappa shape index (κ1) is 27.0. The van der Waals surface area contributed by atoms with E-state index in [9.17, 15) is 13.2 Å². The average Bonchev–Trinajstić information content (AvgIpc) is 3.30. The van der Waals surface area contributed by atoms with Crippen LogP contribution in [-0.2, 0) is 21.2 Å². The van der Waals surface area contributed by atoms with E-state index < -0.39 is 10.0 Å². The largest absolute Gasteiger partial charge is 0.309 e. The van der Waals surface area contributed by atoms with Gasteiger partial charge in [-0.15, -0.1) is 0 Å². The predicted octanol–water partition coefficient (Wildman–Crippen LogP) is 4.90. The summed E-state index contributed by atoms with van der Waals surface area (Å²) < 4.78 is 28.7. The second-order valence-electron chi connectivity index (χ2n) is 9.39. The van der Waals surface area contributed by atoms with Gasteiger partial charge in [0, 0.05) is 30.6 Å². The molecule has 194 valence electrons. The highest BCUT2D eigenvalue weighted by Crippen LogP contribution is 2.33. The number of hydrogen-bond donors (Lipinski definition) is 0. The molecule has 1 amide bonds. The van der Waals surface area contributed by atoms with Gasteiger partial charge in [0.15, 0.2) is 5.13 Å².